The predicted molar refractivity (Wildman–Crippen MR) is 134 cm³/mol. The maximum absolute atomic E-state index is 13.8. The lowest BCUT2D eigenvalue weighted by Gasteiger charge is -2.33. The molecule has 8 nitrogen and oxygen atoms in total. The van der Waals surface area contributed by atoms with E-state index in [0.29, 0.717) is 16.0 Å². The maximum Gasteiger partial charge on any atom is 0.460 e. The van der Waals surface area contributed by atoms with E-state index < -0.39 is 62.0 Å². The van der Waals surface area contributed by atoms with Gasteiger partial charge in [0.2, 0.25) is 0 Å². The minimum Gasteiger partial charge on any atom is -0.492 e. The molecule has 0 saturated carbocycles. The average Bonchev–Trinajstić information content (AvgIpc) is 2.95. The molecule has 17 heteroatoms. The Balaban J connectivity index is 2.05. The van der Waals surface area contributed by atoms with Crippen molar-refractivity contribution in [2.75, 3.05) is 32.9 Å². The lowest BCUT2D eigenvalue weighted by molar-refractivity contribution is -0.443. The number of carbonyl (C=O) groups is 2. The molecule has 0 aliphatic carbocycles. The van der Waals surface area contributed by atoms with Gasteiger partial charge in [-0.3, -0.25) is 0 Å². The summed E-state index contributed by atoms with van der Waals surface area (Å²) in [6, 6.07) is 14.0. The fourth-order valence-electron chi connectivity index (χ4n) is 3.47. The van der Waals surface area contributed by atoms with Gasteiger partial charge in [0.05, 0.1) is 13.2 Å². The highest BCUT2D eigenvalue weighted by Crippen LogP contribution is 2.53. The zero-order valence-corrected chi connectivity index (χ0v) is 23.0. The summed E-state index contributed by atoms with van der Waals surface area (Å²) in [5, 5.41) is 9.19. The highest BCUT2D eigenvalue weighted by molar-refractivity contribution is 5.72. The van der Waals surface area contributed by atoms with Crippen LogP contribution in [-0.4, -0.2) is 85.2 Å². The number of carboxylic acids is 1. The second-order valence-corrected chi connectivity index (χ2v) is 9.02. The molecule has 0 saturated heterocycles. The van der Waals surface area contributed by atoms with Gasteiger partial charge in [0.25, 0.3) is 0 Å². The first-order valence-corrected chi connectivity index (χ1v) is 12.8. The summed E-state index contributed by atoms with van der Waals surface area (Å²) in [6.45, 7) is -1.89. The van der Waals surface area contributed by atoms with Crippen LogP contribution in [0.15, 0.2) is 54.6 Å². The van der Waals surface area contributed by atoms with Gasteiger partial charge in [-0.1, -0.05) is 42.5 Å². The van der Waals surface area contributed by atoms with Gasteiger partial charge in [0, 0.05) is 19.6 Å². The van der Waals surface area contributed by atoms with E-state index in [1.165, 1.54) is 24.3 Å². The van der Waals surface area contributed by atoms with Crippen LogP contribution in [0.25, 0.3) is 0 Å². The van der Waals surface area contributed by atoms with Crippen LogP contribution >= 0.6 is 0 Å². The molecular weight excluding hydrogens is 621 g/mol. The molecule has 0 radical (unpaired) electrons. The number of nitrogens with zero attached hydrogens (tertiary/aromatic N) is 1. The van der Waals surface area contributed by atoms with Crippen LogP contribution in [0.3, 0.4) is 0 Å². The van der Waals surface area contributed by atoms with E-state index in [0.717, 1.165) is 0 Å². The maximum atomic E-state index is 13.8. The molecule has 0 spiro atoms. The number of hydrogen-bond acceptors (Lipinski definition) is 6. The summed E-state index contributed by atoms with van der Waals surface area (Å²) in [7, 11) is 0. The molecule has 0 heterocycles. The van der Waals surface area contributed by atoms with Crippen molar-refractivity contribution in [1.29, 1.82) is 0 Å². The molecule has 2 aromatic rings. The number of halogens is 9. The van der Waals surface area contributed by atoms with E-state index in [-0.39, 0.29) is 32.0 Å². The molecule has 1 atom stereocenters. The molecule has 0 aromatic heterocycles. The molecule has 0 fully saturated rings. The largest absolute Gasteiger partial charge is 0.492 e. The molecule has 0 aliphatic rings. The smallest absolute Gasteiger partial charge is 0.460 e. The third-order valence-electron chi connectivity index (χ3n) is 5.84. The van der Waals surface area contributed by atoms with Gasteiger partial charge in [-0.15, -0.1) is 0 Å². The number of rotatable bonds is 17. The lowest BCUT2D eigenvalue weighted by Crippen LogP contribution is -2.62. The average molecular weight is 650 g/mol. The quantitative estimate of drug-likeness (QED) is 0.205. The number of alkyl halides is 9. The van der Waals surface area contributed by atoms with Crippen LogP contribution in [0.4, 0.5) is 44.3 Å². The number of carbonyl (C=O) groups excluding carboxylic acids is 1. The van der Waals surface area contributed by atoms with Crippen molar-refractivity contribution >= 4 is 12.1 Å². The van der Waals surface area contributed by atoms with E-state index in [2.05, 4.69) is 4.74 Å². The zero-order chi connectivity index (χ0) is 33.2. The fourth-order valence-corrected chi connectivity index (χ4v) is 3.47. The third-order valence-corrected chi connectivity index (χ3v) is 5.84. The molecule has 2 rings (SSSR count). The van der Waals surface area contributed by atoms with Gasteiger partial charge in [-0.2, -0.15) is 39.5 Å². The van der Waals surface area contributed by atoms with E-state index >= 15 is 0 Å². The van der Waals surface area contributed by atoms with Crippen LogP contribution < -0.4 is 4.74 Å². The van der Waals surface area contributed by atoms with Crippen molar-refractivity contribution in [2.24, 2.45) is 0 Å². The summed E-state index contributed by atoms with van der Waals surface area (Å²) in [6.07, 6.45) is -15.5. The predicted octanol–water partition coefficient (Wildman–Crippen LogP) is 6.18. The Morgan fingerprint density at radius 3 is 1.95 bits per heavy atom. The molecule has 0 aliphatic heterocycles. The van der Waals surface area contributed by atoms with Crippen LogP contribution in [0, 0.1) is 0 Å². The first-order chi connectivity index (χ1) is 20.4. The molecule has 1 amide bonds. The Morgan fingerprint density at radius 2 is 1.41 bits per heavy atom. The Kier molecular flexibility index (Phi) is 12.7. The van der Waals surface area contributed by atoms with Gasteiger partial charge < -0.3 is 29.0 Å². The summed E-state index contributed by atoms with van der Waals surface area (Å²) in [5.74, 6) is -15.0. The fraction of sp³-hybridized carbons (Fsp3) is 0.481. The van der Waals surface area contributed by atoms with Crippen LogP contribution in [0.1, 0.15) is 18.1 Å². The molecular formula is C27H28F9NO7. The van der Waals surface area contributed by atoms with Crippen molar-refractivity contribution < 1.29 is 73.2 Å². The Hall–Kier alpha value is -3.73. The summed E-state index contributed by atoms with van der Waals surface area (Å²) < 4.78 is 137. The highest BCUT2D eigenvalue weighted by atomic mass is 19.4. The molecule has 2 aromatic carbocycles. The number of carboxylic acid groups (broad SMARTS) is 1. The van der Waals surface area contributed by atoms with Gasteiger partial charge in [-0.25, -0.2) is 9.59 Å². The Bertz CT molecular complexity index is 1200. The van der Waals surface area contributed by atoms with Crippen molar-refractivity contribution in [3.63, 3.8) is 0 Å². The second kappa shape index (κ2) is 15.3. The van der Waals surface area contributed by atoms with Crippen molar-refractivity contribution in [1.82, 2.24) is 4.90 Å². The van der Waals surface area contributed by atoms with Crippen LogP contribution in [0.5, 0.6) is 5.75 Å². The van der Waals surface area contributed by atoms with Gasteiger partial charge in [-0.05, 0) is 30.2 Å². The van der Waals surface area contributed by atoms with E-state index in [1.807, 2.05) is 0 Å². The monoisotopic (exact) mass is 649 g/mol. The molecule has 44 heavy (non-hydrogen) atoms. The van der Waals surface area contributed by atoms with E-state index in [4.69, 9.17) is 14.2 Å². The van der Waals surface area contributed by atoms with E-state index in [9.17, 15) is 54.2 Å². The van der Waals surface area contributed by atoms with Crippen molar-refractivity contribution in [3.05, 3.63) is 65.7 Å². The molecule has 1 unspecified atom stereocenters. The summed E-state index contributed by atoms with van der Waals surface area (Å²) in [4.78, 5) is 24.5. The molecule has 0 bridgehead atoms. The number of amides is 1. The number of aliphatic carboxylic acids is 1. The highest BCUT2D eigenvalue weighted by Gasteiger charge is 2.82. The topological polar surface area (TPSA) is 94.5 Å². The number of ether oxygens (including phenoxy) is 4. The summed E-state index contributed by atoms with van der Waals surface area (Å²) in [5.41, 5.74) is 1.08. The number of hydrogen-bond donors (Lipinski definition) is 1. The van der Waals surface area contributed by atoms with Crippen LogP contribution in [-0.2, 0) is 32.0 Å². The summed E-state index contributed by atoms with van der Waals surface area (Å²) >= 11 is 0. The SMILES string of the molecule is CCOC(Cc1ccc(OCCN(CCOC(F)(F)C(F)(F)C(F)(F)C(F)(F)F)C(=O)OCc2ccccc2)cc1)C(=O)O. The van der Waals surface area contributed by atoms with Crippen molar-refractivity contribution in [3.8, 4) is 5.75 Å². The van der Waals surface area contributed by atoms with E-state index in [1.54, 1.807) is 37.3 Å². The normalized spacial score (nSPS) is 13.3. The molecule has 1 N–H and O–H groups in total. The second-order valence-electron chi connectivity index (χ2n) is 9.02. The van der Waals surface area contributed by atoms with Gasteiger partial charge in [0.1, 0.15) is 19.0 Å². The lowest BCUT2D eigenvalue weighted by atomic mass is 10.1. The standard InChI is InChI=1S/C27H28F9NO7/c1-2-41-21(22(38)39)16-18-8-10-20(11-9-18)42-14-12-37(23(40)43-17-19-6-4-3-5-7-19)13-15-44-27(35,36)25(30,31)24(28,29)26(32,33)34/h3-11,21H,2,12-17H2,1H3,(H,38,39). The third kappa shape index (κ3) is 9.64. The van der Waals surface area contributed by atoms with Gasteiger partial charge in [0.15, 0.2) is 6.10 Å². The van der Waals surface area contributed by atoms with Crippen LogP contribution in [0.2, 0.25) is 0 Å². The first kappa shape index (κ1) is 36.5. The Labute approximate surface area is 245 Å². The minimum absolute atomic E-state index is 0.0447. The minimum atomic E-state index is -7.13. The Morgan fingerprint density at radius 1 is 0.818 bits per heavy atom. The van der Waals surface area contributed by atoms with Gasteiger partial charge >= 0.3 is 36.2 Å². The number of benzene rings is 2. The molecule has 246 valence electrons. The van der Waals surface area contributed by atoms with Crippen molar-refractivity contribution in [2.45, 2.75) is 50.2 Å². The zero-order valence-electron chi connectivity index (χ0n) is 23.0. The first-order valence-electron chi connectivity index (χ1n) is 12.8.